The number of carbonyl (C=O) groups excluding carboxylic acids is 2. The maximum absolute atomic E-state index is 12.1. The van der Waals surface area contributed by atoms with Gasteiger partial charge in [-0.2, -0.15) is 0 Å². The quantitative estimate of drug-likeness (QED) is 0.811. The highest BCUT2D eigenvalue weighted by Gasteiger charge is 2.35. The van der Waals surface area contributed by atoms with Crippen molar-refractivity contribution in [2.75, 3.05) is 18.9 Å². The summed E-state index contributed by atoms with van der Waals surface area (Å²) in [4.78, 5) is 25.4. The molecule has 1 heterocycles. The van der Waals surface area contributed by atoms with Gasteiger partial charge in [-0.15, -0.1) is 0 Å². The van der Waals surface area contributed by atoms with Gasteiger partial charge in [0.1, 0.15) is 0 Å². The highest BCUT2D eigenvalue weighted by Crippen LogP contribution is 2.26. The van der Waals surface area contributed by atoms with Crippen LogP contribution >= 0.6 is 0 Å². The van der Waals surface area contributed by atoms with Gasteiger partial charge in [-0.3, -0.25) is 14.5 Å². The fourth-order valence-corrected chi connectivity index (χ4v) is 1.98. The molecule has 0 aromatic heterocycles. The van der Waals surface area contributed by atoms with Crippen molar-refractivity contribution in [1.82, 2.24) is 4.90 Å². The monoisotopic (exact) mass is 232 g/mol. The first-order valence-corrected chi connectivity index (χ1v) is 5.72. The maximum atomic E-state index is 12.1. The minimum absolute atomic E-state index is 0.179. The number of carbonyl (C=O) groups is 2. The molecular formula is C13H16N2O2. The van der Waals surface area contributed by atoms with Crippen LogP contribution in [0.2, 0.25) is 0 Å². The zero-order valence-electron chi connectivity index (χ0n) is 10.3. The van der Waals surface area contributed by atoms with Crippen LogP contribution in [-0.4, -0.2) is 30.3 Å². The summed E-state index contributed by atoms with van der Waals surface area (Å²) in [6.07, 6.45) is 0. The second-order valence-corrected chi connectivity index (χ2v) is 4.63. The molecule has 0 bridgehead atoms. The highest BCUT2D eigenvalue weighted by atomic mass is 16.2. The van der Waals surface area contributed by atoms with Gasteiger partial charge in [-0.25, -0.2) is 0 Å². The van der Waals surface area contributed by atoms with Gasteiger partial charge in [-0.1, -0.05) is 13.8 Å². The third kappa shape index (κ3) is 1.90. The Morgan fingerprint density at radius 1 is 1.18 bits per heavy atom. The van der Waals surface area contributed by atoms with Gasteiger partial charge >= 0.3 is 0 Å². The van der Waals surface area contributed by atoms with Crippen LogP contribution in [0, 0.1) is 5.92 Å². The Hall–Kier alpha value is -1.84. The van der Waals surface area contributed by atoms with Gasteiger partial charge in [0, 0.05) is 19.3 Å². The molecule has 1 aliphatic rings. The second-order valence-electron chi connectivity index (χ2n) is 4.63. The molecule has 1 aliphatic heterocycles. The number of nitrogens with zero attached hydrogens (tertiary/aromatic N) is 1. The molecule has 0 radical (unpaired) electrons. The first kappa shape index (κ1) is 11.6. The summed E-state index contributed by atoms with van der Waals surface area (Å²) in [7, 11) is 1.79. The predicted molar refractivity (Wildman–Crippen MR) is 66.2 cm³/mol. The van der Waals surface area contributed by atoms with E-state index in [9.17, 15) is 9.59 Å². The fourth-order valence-electron chi connectivity index (χ4n) is 1.98. The molecule has 90 valence electrons. The Kier molecular flexibility index (Phi) is 2.88. The Morgan fingerprint density at radius 3 is 2.41 bits per heavy atom. The number of nitrogens with one attached hydrogen (secondary N) is 1. The standard InChI is InChI=1S/C13H16N2O2/c1-8(2)7-15-12(16)10-5-4-9(14-3)6-11(10)13(15)17/h4-6,8,14H,7H2,1-3H3. The van der Waals surface area contributed by atoms with E-state index in [1.54, 1.807) is 19.2 Å². The fraction of sp³-hybridized carbons (Fsp3) is 0.385. The smallest absolute Gasteiger partial charge is 0.261 e. The predicted octanol–water partition coefficient (Wildman–Crippen LogP) is 1.98. The summed E-state index contributed by atoms with van der Waals surface area (Å²) in [6.45, 7) is 4.45. The third-order valence-corrected chi connectivity index (χ3v) is 2.81. The average Bonchev–Trinajstić information content (AvgIpc) is 2.53. The summed E-state index contributed by atoms with van der Waals surface area (Å²) < 4.78 is 0. The van der Waals surface area contributed by atoms with Crippen molar-refractivity contribution in [3.63, 3.8) is 0 Å². The molecule has 4 nitrogen and oxygen atoms in total. The molecule has 0 unspecified atom stereocenters. The molecule has 0 spiro atoms. The van der Waals surface area contributed by atoms with Crippen molar-refractivity contribution in [1.29, 1.82) is 0 Å². The van der Waals surface area contributed by atoms with Crippen molar-refractivity contribution in [3.05, 3.63) is 29.3 Å². The number of anilines is 1. The van der Waals surface area contributed by atoms with E-state index < -0.39 is 0 Å². The van der Waals surface area contributed by atoms with Crippen molar-refractivity contribution >= 4 is 17.5 Å². The van der Waals surface area contributed by atoms with E-state index in [0.717, 1.165) is 5.69 Å². The van der Waals surface area contributed by atoms with Gasteiger partial charge in [0.2, 0.25) is 0 Å². The molecule has 2 rings (SSSR count). The highest BCUT2D eigenvalue weighted by molar-refractivity contribution is 6.21. The number of benzene rings is 1. The van der Waals surface area contributed by atoms with E-state index >= 15 is 0 Å². The summed E-state index contributed by atoms with van der Waals surface area (Å²) in [5, 5.41) is 2.97. The molecule has 1 aromatic rings. The molecular weight excluding hydrogens is 216 g/mol. The van der Waals surface area contributed by atoms with Crippen LogP contribution in [0.3, 0.4) is 0 Å². The molecule has 0 saturated heterocycles. The number of fused-ring (bicyclic) bond motifs is 1. The van der Waals surface area contributed by atoms with Gasteiger partial charge in [0.15, 0.2) is 0 Å². The minimum Gasteiger partial charge on any atom is -0.388 e. The summed E-state index contributed by atoms with van der Waals surface area (Å²) in [6, 6.07) is 5.25. The van der Waals surface area contributed by atoms with E-state index in [-0.39, 0.29) is 17.7 Å². The van der Waals surface area contributed by atoms with E-state index in [1.165, 1.54) is 4.90 Å². The number of hydrogen-bond acceptors (Lipinski definition) is 3. The Morgan fingerprint density at radius 2 is 1.82 bits per heavy atom. The molecule has 17 heavy (non-hydrogen) atoms. The van der Waals surface area contributed by atoms with Crippen molar-refractivity contribution in [2.24, 2.45) is 5.92 Å². The van der Waals surface area contributed by atoms with Crippen LogP contribution in [-0.2, 0) is 0 Å². The largest absolute Gasteiger partial charge is 0.388 e. The van der Waals surface area contributed by atoms with Gasteiger partial charge in [-0.05, 0) is 24.1 Å². The molecule has 1 aromatic carbocycles. The molecule has 0 aliphatic carbocycles. The van der Waals surface area contributed by atoms with Gasteiger partial charge in [0.25, 0.3) is 11.8 Å². The first-order valence-electron chi connectivity index (χ1n) is 5.72. The molecule has 0 atom stereocenters. The van der Waals surface area contributed by atoms with Crippen LogP contribution in [0.1, 0.15) is 34.6 Å². The Bertz CT molecular complexity index is 480. The zero-order valence-corrected chi connectivity index (χ0v) is 10.3. The topological polar surface area (TPSA) is 49.4 Å². The van der Waals surface area contributed by atoms with Crippen molar-refractivity contribution in [2.45, 2.75) is 13.8 Å². The van der Waals surface area contributed by atoms with Crippen LogP contribution in [0.4, 0.5) is 5.69 Å². The van der Waals surface area contributed by atoms with E-state index in [1.807, 2.05) is 19.9 Å². The number of imide groups is 1. The van der Waals surface area contributed by atoms with Gasteiger partial charge < -0.3 is 5.32 Å². The van der Waals surface area contributed by atoms with Crippen LogP contribution < -0.4 is 5.32 Å². The van der Waals surface area contributed by atoms with Gasteiger partial charge in [0.05, 0.1) is 11.1 Å². The summed E-state index contributed by atoms with van der Waals surface area (Å²) in [5.41, 5.74) is 1.86. The number of rotatable bonds is 3. The van der Waals surface area contributed by atoms with Crippen molar-refractivity contribution in [3.8, 4) is 0 Å². The summed E-state index contributed by atoms with van der Waals surface area (Å²) in [5.74, 6) is -0.0851. The lowest BCUT2D eigenvalue weighted by Gasteiger charge is -2.15. The van der Waals surface area contributed by atoms with Crippen LogP contribution in [0.25, 0.3) is 0 Å². The van der Waals surface area contributed by atoms with Crippen LogP contribution in [0.5, 0.6) is 0 Å². The second kappa shape index (κ2) is 4.20. The number of hydrogen-bond donors (Lipinski definition) is 1. The summed E-state index contributed by atoms with van der Waals surface area (Å²) >= 11 is 0. The molecule has 4 heteroatoms. The SMILES string of the molecule is CNc1ccc2c(c1)C(=O)N(CC(C)C)C2=O. The lowest BCUT2D eigenvalue weighted by Crippen LogP contribution is -2.33. The lowest BCUT2D eigenvalue weighted by atomic mass is 10.1. The molecule has 0 fully saturated rings. The zero-order chi connectivity index (χ0) is 12.6. The minimum atomic E-state index is -0.184. The average molecular weight is 232 g/mol. The Balaban J connectivity index is 2.38. The number of amides is 2. The lowest BCUT2D eigenvalue weighted by molar-refractivity contribution is 0.0636. The molecule has 0 saturated carbocycles. The third-order valence-electron chi connectivity index (χ3n) is 2.81. The van der Waals surface area contributed by atoms with Crippen molar-refractivity contribution < 1.29 is 9.59 Å². The van der Waals surface area contributed by atoms with E-state index in [0.29, 0.717) is 17.7 Å². The van der Waals surface area contributed by atoms with E-state index in [2.05, 4.69) is 5.32 Å². The molecule has 2 amide bonds. The normalized spacial score (nSPS) is 14.5. The maximum Gasteiger partial charge on any atom is 0.261 e. The first-order chi connectivity index (χ1) is 8.04. The van der Waals surface area contributed by atoms with Crippen LogP contribution in [0.15, 0.2) is 18.2 Å². The Labute approximate surface area is 101 Å². The molecule has 1 N–H and O–H groups in total. The van der Waals surface area contributed by atoms with E-state index in [4.69, 9.17) is 0 Å².